The van der Waals surface area contributed by atoms with Crippen LogP contribution in [0, 0.1) is 103 Å². The Kier molecular flexibility index (Phi) is 10.8. The van der Waals surface area contributed by atoms with Gasteiger partial charge in [-0.15, -0.1) is 0 Å². The zero-order valence-corrected chi connectivity index (χ0v) is 27.5. The Hall–Kier alpha value is -7.32. The monoisotopic (exact) mass is 824 g/mol. The second-order valence-corrected chi connectivity index (χ2v) is 11.6. The van der Waals surface area contributed by atoms with Gasteiger partial charge in [-0.25, -0.2) is 43.9 Å². The molecule has 5 aromatic carbocycles. The van der Waals surface area contributed by atoms with E-state index in [9.17, 15) is 91.3 Å². The van der Waals surface area contributed by atoms with Crippen LogP contribution in [0.3, 0.4) is 0 Å². The smallest absolute Gasteiger partial charge is 0.203 e. The number of nitriles is 4. The van der Waals surface area contributed by atoms with Crippen LogP contribution in [0.4, 0.5) is 70.2 Å². The minimum Gasteiger partial charge on any atom is -0.203 e. The highest BCUT2D eigenvalue weighted by molar-refractivity contribution is 5.87. The van der Waals surface area contributed by atoms with Crippen LogP contribution in [-0.2, 0) is 12.4 Å². The van der Waals surface area contributed by atoms with Crippen LogP contribution < -0.4 is 10.4 Å². The summed E-state index contributed by atoms with van der Waals surface area (Å²) in [6.07, 6.45) is -11.0. The summed E-state index contributed by atoms with van der Waals surface area (Å²) in [4.78, 5) is 0. The molecule has 4 nitrogen and oxygen atoms in total. The summed E-state index contributed by atoms with van der Waals surface area (Å²) in [5.41, 5.74) is -16.2. The summed E-state index contributed by atoms with van der Waals surface area (Å²) in [7, 11) is 0. The second-order valence-electron chi connectivity index (χ2n) is 11.6. The molecule has 0 heterocycles. The van der Waals surface area contributed by atoms with Gasteiger partial charge in [0.05, 0.1) is 22.3 Å². The summed E-state index contributed by atoms with van der Waals surface area (Å²) < 4.78 is 229. The van der Waals surface area contributed by atoms with Crippen molar-refractivity contribution in [2.24, 2.45) is 0 Å². The SMILES string of the molecule is N#CC(C#N)=c1cc(-c2cc(-c3c(F)c(F)c(F)c(F)c3F)cc(C(F)(F)F)c2)c(=C(C#N)C#N)cc1-c1cc(-c2c(F)c(F)c(F)c(F)c2F)cc(C(F)(F)F)c1. The third-order valence-electron chi connectivity index (χ3n) is 8.28. The summed E-state index contributed by atoms with van der Waals surface area (Å²) in [5.74, 6) is -26.2. The molecule has 0 aliphatic carbocycles. The normalized spacial score (nSPS) is 11.4. The lowest BCUT2D eigenvalue weighted by atomic mass is 9.88. The highest BCUT2D eigenvalue weighted by Crippen LogP contribution is 2.41. The first kappa shape index (κ1) is 41.8. The first-order valence-electron chi connectivity index (χ1n) is 15.0. The van der Waals surface area contributed by atoms with Crippen LogP contribution in [0.25, 0.3) is 55.7 Å². The number of hydrogen-bond acceptors (Lipinski definition) is 4. The van der Waals surface area contributed by atoms with Crippen molar-refractivity contribution < 1.29 is 70.2 Å². The van der Waals surface area contributed by atoms with Gasteiger partial charge in [-0.05, 0) is 81.9 Å². The molecule has 58 heavy (non-hydrogen) atoms. The van der Waals surface area contributed by atoms with Crippen molar-refractivity contribution in [2.75, 3.05) is 0 Å². The van der Waals surface area contributed by atoms with Crippen molar-refractivity contribution in [1.82, 2.24) is 0 Å². The van der Waals surface area contributed by atoms with E-state index < -0.39 is 148 Å². The van der Waals surface area contributed by atoms with E-state index in [1.165, 1.54) is 24.3 Å². The molecule has 0 aliphatic heterocycles. The number of benzene rings is 5. The molecule has 0 saturated heterocycles. The minimum absolute atomic E-state index is 0.0540. The molecular weight excluding hydrogens is 816 g/mol. The molecule has 0 unspecified atom stereocenters. The van der Waals surface area contributed by atoms with Crippen LogP contribution in [0.2, 0.25) is 0 Å². The van der Waals surface area contributed by atoms with E-state index >= 15 is 0 Å². The van der Waals surface area contributed by atoms with Gasteiger partial charge < -0.3 is 0 Å². The van der Waals surface area contributed by atoms with Crippen LogP contribution in [0.5, 0.6) is 0 Å². The first-order valence-corrected chi connectivity index (χ1v) is 15.0. The van der Waals surface area contributed by atoms with E-state index in [4.69, 9.17) is 0 Å². The van der Waals surface area contributed by atoms with Crippen molar-refractivity contribution in [3.63, 3.8) is 0 Å². The highest BCUT2D eigenvalue weighted by Gasteiger charge is 2.36. The molecular formula is C38H8F16N4. The lowest BCUT2D eigenvalue weighted by Crippen LogP contribution is -2.20. The number of halogens is 16. The molecule has 0 N–H and O–H groups in total. The van der Waals surface area contributed by atoms with Crippen molar-refractivity contribution in [3.05, 3.63) is 128 Å². The fourth-order valence-corrected chi connectivity index (χ4v) is 5.68. The fourth-order valence-electron chi connectivity index (χ4n) is 5.68. The van der Waals surface area contributed by atoms with Gasteiger partial charge in [0, 0.05) is 10.4 Å². The third kappa shape index (κ3) is 7.12. The van der Waals surface area contributed by atoms with Crippen LogP contribution in [0.1, 0.15) is 11.1 Å². The van der Waals surface area contributed by atoms with E-state index in [-0.39, 0.29) is 24.3 Å². The summed E-state index contributed by atoms with van der Waals surface area (Å²) >= 11 is 0. The van der Waals surface area contributed by atoms with Crippen molar-refractivity contribution in [3.8, 4) is 68.8 Å². The summed E-state index contributed by atoms with van der Waals surface area (Å²) in [6.45, 7) is 0. The molecule has 20 heteroatoms. The number of alkyl halides is 6. The number of hydrogen-bond donors (Lipinski definition) is 0. The van der Waals surface area contributed by atoms with E-state index in [0.717, 1.165) is 0 Å². The largest absolute Gasteiger partial charge is 0.416 e. The Morgan fingerprint density at radius 2 is 0.586 bits per heavy atom. The molecule has 0 bridgehead atoms. The van der Waals surface area contributed by atoms with E-state index in [2.05, 4.69) is 0 Å². The Labute approximate surface area is 311 Å². The standard InChI is InChI=1S/C38H8F16N4/c39-27-25(28(40)32(44)35(47)31(27)43)15-1-13(3-19(5-15)37(49,50)51)21-7-24(18(11-57)12-58)22(8-23(21)17(9-55)10-56)14-2-16(6-20(4-14)38(52,53)54)26-29(41)33(45)36(48)34(46)30(26)42/h1-8H. The van der Waals surface area contributed by atoms with Gasteiger partial charge in [-0.3, -0.25) is 0 Å². The predicted molar refractivity (Wildman–Crippen MR) is 166 cm³/mol. The molecule has 0 amide bonds. The molecule has 0 aromatic heterocycles. The van der Waals surface area contributed by atoms with E-state index in [1.807, 2.05) is 0 Å². The number of rotatable bonds is 4. The Morgan fingerprint density at radius 3 is 0.828 bits per heavy atom. The van der Waals surface area contributed by atoms with Gasteiger partial charge in [0.2, 0.25) is 11.6 Å². The Morgan fingerprint density at radius 1 is 0.345 bits per heavy atom. The minimum atomic E-state index is -5.50. The van der Waals surface area contributed by atoms with Gasteiger partial charge in [0.25, 0.3) is 0 Å². The molecule has 0 radical (unpaired) electrons. The molecule has 0 saturated carbocycles. The topological polar surface area (TPSA) is 95.2 Å². The molecule has 5 rings (SSSR count). The molecule has 0 atom stereocenters. The first-order chi connectivity index (χ1) is 27.0. The van der Waals surface area contributed by atoms with Crippen LogP contribution >= 0.6 is 0 Å². The van der Waals surface area contributed by atoms with Gasteiger partial charge in [0.1, 0.15) is 35.4 Å². The average molecular weight is 824 g/mol. The fraction of sp³-hybridized carbons (Fsp3) is 0.0526. The predicted octanol–water partition coefficient (Wildman–Crippen LogP) is 10.2. The molecule has 0 aliphatic rings. The summed E-state index contributed by atoms with van der Waals surface area (Å²) in [6, 6.07) is 7.17. The van der Waals surface area contributed by atoms with Gasteiger partial charge >= 0.3 is 12.4 Å². The zero-order chi connectivity index (χ0) is 43.3. The molecule has 0 spiro atoms. The van der Waals surface area contributed by atoms with E-state index in [1.54, 1.807) is 0 Å². The molecule has 5 aromatic rings. The average Bonchev–Trinajstić information content (AvgIpc) is 3.18. The number of nitrogens with zero attached hydrogens (tertiary/aromatic N) is 4. The molecule has 292 valence electrons. The molecule has 0 fully saturated rings. The highest BCUT2D eigenvalue weighted by atomic mass is 19.4. The van der Waals surface area contributed by atoms with Crippen LogP contribution in [-0.4, -0.2) is 0 Å². The zero-order valence-electron chi connectivity index (χ0n) is 27.5. The van der Waals surface area contributed by atoms with Gasteiger partial charge in [0.15, 0.2) is 46.5 Å². The van der Waals surface area contributed by atoms with Crippen molar-refractivity contribution in [2.45, 2.75) is 12.4 Å². The Bertz CT molecular complexity index is 2630. The van der Waals surface area contributed by atoms with Crippen molar-refractivity contribution >= 4 is 11.1 Å². The second kappa shape index (κ2) is 15.0. The maximum atomic E-state index is 14.9. The van der Waals surface area contributed by atoms with Crippen LogP contribution in [0.15, 0.2) is 48.5 Å². The lowest BCUT2D eigenvalue weighted by molar-refractivity contribution is -0.138. The lowest BCUT2D eigenvalue weighted by Gasteiger charge is -2.17. The van der Waals surface area contributed by atoms with Gasteiger partial charge in [-0.2, -0.15) is 47.4 Å². The van der Waals surface area contributed by atoms with Gasteiger partial charge in [-0.1, -0.05) is 0 Å². The Balaban J connectivity index is 2.03. The third-order valence-corrected chi connectivity index (χ3v) is 8.28. The summed E-state index contributed by atoms with van der Waals surface area (Å²) in [5, 5.41) is 37.3. The quantitative estimate of drug-likeness (QED) is 0.102. The van der Waals surface area contributed by atoms with E-state index in [0.29, 0.717) is 24.3 Å². The maximum absolute atomic E-state index is 14.9. The maximum Gasteiger partial charge on any atom is 0.416 e. The van der Waals surface area contributed by atoms with Crippen molar-refractivity contribution in [1.29, 1.82) is 21.0 Å².